The molecule has 0 aliphatic carbocycles. The van der Waals surface area contributed by atoms with Gasteiger partial charge in [-0.25, -0.2) is 14.9 Å². The van der Waals surface area contributed by atoms with Gasteiger partial charge >= 0.3 is 0 Å². The van der Waals surface area contributed by atoms with Crippen molar-refractivity contribution in [3.05, 3.63) is 83.6 Å². The zero-order valence-electron chi connectivity index (χ0n) is 17.9. The maximum Gasteiger partial charge on any atom is 0.284 e. The first-order valence-corrected chi connectivity index (χ1v) is 11.4. The van der Waals surface area contributed by atoms with Gasteiger partial charge in [-0.15, -0.1) is 12.6 Å². The number of carbonyl (C=O) groups is 1. The molecule has 0 saturated carbocycles. The van der Waals surface area contributed by atoms with Crippen molar-refractivity contribution in [2.75, 3.05) is 19.1 Å². The first-order valence-electron chi connectivity index (χ1n) is 10.1. The Morgan fingerprint density at radius 3 is 2.36 bits per heavy atom. The number of hydrogen-bond donors (Lipinski definition) is 1. The Morgan fingerprint density at radius 1 is 0.939 bits per heavy atom. The molecule has 0 N–H and O–H groups in total. The highest BCUT2D eigenvalue weighted by atomic mass is 32.1. The van der Waals surface area contributed by atoms with Crippen LogP contribution in [0.25, 0.3) is 16.3 Å². The van der Waals surface area contributed by atoms with Gasteiger partial charge in [0.15, 0.2) is 5.13 Å². The Kier molecular flexibility index (Phi) is 5.62. The molecular weight excluding hydrogens is 454 g/mol. The topological polar surface area (TPSA) is 64.0 Å². The summed E-state index contributed by atoms with van der Waals surface area (Å²) >= 11 is 5.86. The number of ether oxygens (including phenoxy) is 2. The Hall–Kier alpha value is -3.62. The van der Waals surface area contributed by atoms with Crippen molar-refractivity contribution >= 4 is 57.1 Å². The van der Waals surface area contributed by atoms with Crippen LogP contribution < -0.4 is 14.4 Å². The van der Waals surface area contributed by atoms with Crippen molar-refractivity contribution in [1.82, 2.24) is 4.98 Å². The number of methoxy groups -OCH3 is 2. The van der Waals surface area contributed by atoms with Gasteiger partial charge in [-0.1, -0.05) is 59.9 Å². The number of thiol groups is 1. The zero-order valence-corrected chi connectivity index (χ0v) is 19.6. The summed E-state index contributed by atoms with van der Waals surface area (Å²) in [5.41, 5.74) is 2.57. The van der Waals surface area contributed by atoms with Crippen LogP contribution in [0.15, 0.2) is 82.3 Å². The van der Waals surface area contributed by atoms with E-state index in [4.69, 9.17) is 19.5 Å². The smallest absolute Gasteiger partial charge is 0.284 e. The second-order valence-corrected chi connectivity index (χ2v) is 8.63. The van der Waals surface area contributed by atoms with E-state index in [1.807, 2.05) is 60.7 Å². The van der Waals surface area contributed by atoms with Gasteiger partial charge in [0.1, 0.15) is 33.2 Å². The molecule has 8 heteroatoms. The van der Waals surface area contributed by atoms with Gasteiger partial charge in [0.2, 0.25) is 0 Å². The number of aliphatic imine (C=N–C) groups is 1. The predicted octanol–water partition coefficient (Wildman–Crippen LogP) is 5.44. The molecule has 2 heterocycles. The van der Waals surface area contributed by atoms with E-state index in [2.05, 4.69) is 12.6 Å². The third-order valence-corrected chi connectivity index (χ3v) is 6.67. The van der Waals surface area contributed by atoms with E-state index in [0.29, 0.717) is 33.7 Å². The molecule has 0 unspecified atom stereocenters. The number of amides is 1. The second kappa shape index (κ2) is 8.73. The minimum atomic E-state index is -0.262. The zero-order chi connectivity index (χ0) is 22.9. The molecule has 5 rings (SSSR count). The molecule has 1 aliphatic rings. The highest BCUT2D eigenvalue weighted by molar-refractivity contribution is 7.80. The van der Waals surface area contributed by atoms with E-state index in [1.165, 1.54) is 11.3 Å². The minimum absolute atomic E-state index is 0.262. The lowest BCUT2D eigenvalue weighted by Gasteiger charge is -2.14. The van der Waals surface area contributed by atoms with Gasteiger partial charge in [-0.2, -0.15) is 0 Å². The normalized spacial score (nSPS) is 14.8. The fourth-order valence-electron chi connectivity index (χ4n) is 3.60. The van der Waals surface area contributed by atoms with Gasteiger partial charge in [-0.3, -0.25) is 4.79 Å². The van der Waals surface area contributed by atoms with E-state index < -0.39 is 0 Å². The van der Waals surface area contributed by atoms with Gasteiger partial charge in [0, 0.05) is 10.5 Å². The van der Waals surface area contributed by atoms with E-state index in [-0.39, 0.29) is 5.91 Å². The summed E-state index contributed by atoms with van der Waals surface area (Å²) in [4.78, 5) is 25.4. The minimum Gasteiger partial charge on any atom is -0.495 e. The monoisotopic (exact) mass is 473 g/mol. The van der Waals surface area contributed by atoms with Gasteiger partial charge < -0.3 is 9.47 Å². The summed E-state index contributed by atoms with van der Waals surface area (Å²) < 4.78 is 11.8. The average molecular weight is 474 g/mol. The molecule has 6 nitrogen and oxygen atoms in total. The summed E-state index contributed by atoms with van der Waals surface area (Å²) in [5, 5.41) is 0.489. The Morgan fingerprint density at radius 2 is 1.64 bits per heavy atom. The van der Waals surface area contributed by atoms with Crippen LogP contribution in [0.4, 0.5) is 5.13 Å². The number of fused-ring (bicyclic) bond motifs is 1. The first kappa shape index (κ1) is 21.2. The van der Waals surface area contributed by atoms with Crippen LogP contribution in [-0.2, 0) is 4.79 Å². The van der Waals surface area contributed by atoms with E-state index in [0.717, 1.165) is 20.7 Å². The Labute approximate surface area is 200 Å². The number of rotatable bonds is 5. The van der Waals surface area contributed by atoms with Crippen LogP contribution in [0, 0.1) is 0 Å². The van der Waals surface area contributed by atoms with E-state index in [1.54, 1.807) is 31.3 Å². The average Bonchev–Trinajstić information content (AvgIpc) is 3.42. The number of hydrogen-bond acceptors (Lipinski definition) is 7. The molecule has 33 heavy (non-hydrogen) atoms. The van der Waals surface area contributed by atoms with Crippen LogP contribution in [0.3, 0.4) is 0 Å². The lowest BCUT2D eigenvalue weighted by molar-refractivity contribution is -0.113. The summed E-state index contributed by atoms with van der Waals surface area (Å²) in [6.45, 7) is 0. The fourth-order valence-corrected chi connectivity index (χ4v) is 4.90. The molecule has 0 atom stereocenters. The molecule has 4 aromatic rings. The molecule has 1 aliphatic heterocycles. The molecule has 1 amide bonds. The van der Waals surface area contributed by atoms with Crippen LogP contribution in [-0.4, -0.2) is 30.9 Å². The third-order valence-electron chi connectivity index (χ3n) is 5.21. The molecule has 3 aromatic carbocycles. The number of thiazole rings is 1. The Balaban J connectivity index is 1.68. The highest BCUT2D eigenvalue weighted by Gasteiger charge is 2.35. The standard InChI is InChI=1S/C25H19N3O3S2/c1-30-18-12-13-19(31-2)22-21(18)27-25(33-22)28-23(15-8-4-3-5-9-15)26-17(24(28)29)14-16-10-6-7-11-20(16)32/h3-14,32H,1-2H3/b17-14+. The molecule has 0 radical (unpaired) electrons. The number of amidine groups is 1. The largest absolute Gasteiger partial charge is 0.495 e. The molecule has 164 valence electrons. The van der Waals surface area contributed by atoms with Crippen molar-refractivity contribution in [2.45, 2.75) is 4.90 Å². The fraction of sp³-hybridized carbons (Fsp3) is 0.0800. The first-order chi connectivity index (χ1) is 16.1. The summed E-state index contributed by atoms with van der Waals surface area (Å²) in [6.07, 6.45) is 1.75. The van der Waals surface area contributed by atoms with Crippen LogP contribution in [0.2, 0.25) is 0 Å². The summed E-state index contributed by atoms with van der Waals surface area (Å²) in [5.74, 6) is 1.53. The van der Waals surface area contributed by atoms with Crippen molar-refractivity contribution in [1.29, 1.82) is 0 Å². The number of aromatic nitrogens is 1. The lowest BCUT2D eigenvalue weighted by atomic mass is 10.2. The number of nitrogens with zero attached hydrogens (tertiary/aromatic N) is 3. The lowest BCUT2D eigenvalue weighted by Crippen LogP contribution is -2.32. The van der Waals surface area contributed by atoms with E-state index in [9.17, 15) is 4.79 Å². The SMILES string of the molecule is COc1ccc(OC)c2sc(N3C(=O)/C(=C\c4ccccc4S)N=C3c3ccccc3)nc12. The molecule has 0 saturated heterocycles. The molecular formula is C25H19N3O3S2. The summed E-state index contributed by atoms with van der Waals surface area (Å²) in [6, 6.07) is 20.8. The molecule has 0 fully saturated rings. The van der Waals surface area contributed by atoms with Crippen molar-refractivity contribution in [2.24, 2.45) is 4.99 Å². The van der Waals surface area contributed by atoms with Crippen LogP contribution in [0.1, 0.15) is 11.1 Å². The maximum absolute atomic E-state index is 13.6. The van der Waals surface area contributed by atoms with Crippen LogP contribution >= 0.6 is 24.0 Å². The second-order valence-electron chi connectivity index (χ2n) is 7.17. The van der Waals surface area contributed by atoms with Crippen molar-refractivity contribution in [3.63, 3.8) is 0 Å². The van der Waals surface area contributed by atoms with Gasteiger partial charge in [-0.05, 0) is 29.8 Å². The molecule has 0 bridgehead atoms. The van der Waals surface area contributed by atoms with Crippen molar-refractivity contribution < 1.29 is 14.3 Å². The predicted molar refractivity (Wildman–Crippen MR) is 135 cm³/mol. The Bertz CT molecular complexity index is 1390. The van der Waals surface area contributed by atoms with Crippen molar-refractivity contribution in [3.8, 4) is 11.5 Å². The highest BCUT2D eigenvalue weighted by Crippen LogP contribution is 2.41. The quantitative estimate of drug-likeness (QED) is 0.310. The van der Waals surface area contributed by atoms with Crippen LogP contribution in [0.5, 0.6) is 11.5 Å². The number of anilines is 1. The summed E-state index contributed by atoms with van der Waals surface area (Å²) in [7, 11) is 3.20. The maximum atomic E-state index is 13.6. The third kappa shape index (κ3) is 3.77. The van der Waals surface area contributed by atoms with Gasteiger partial charge in [0.25, 0.3) is 5.91 Å². The molecule has 0 spiro atoms. The molecule has 1 aromatic heterocycles. The van der Waals surface area contributed by atoms with Gasteiger partial charge in [0.05, 0.1) is 14.2 Å². The van der Waals surface area contributed by atoms with E-state index >= 15 is 0 Å². The number of benzene rings is 3. The number of carbonyl (C=O) groups excluding carboxylic acids is 1.